The number of fused-ring (bicyclic) bond motifs is 5. The second kappa shape index (κ2) is 16.0. The molecular formula is C38H67NO8P+. The zero-order valence-electron chi connectivity index (χ0n) is 31.4. The van der Waals surface area contributed by atoms with Crippen LogP contribution in [0.3, 0.4) is 0 Å². The number of phosphoric ester groups is 1. The summed E-state index contributed by atoms with van der Waals surface area (Å²) in [7, 11) is 1.49. The Hall–Kier alpha value is -1.22. The normalized spacial score (nSPS) is 35.2. The van der Waals surface area contributed by atoms with E-state index in [0.29, 0.717) is 40.1 Å². The van der Waals surface area contributed by atoms with Crippen molar-refractivity contribution in [3.63, 3.8) is 0 Å². The van der Waals surface area contributed by atoms with Gasteiger partial charge in [-0.15, -0.1) is 0 Å². The van der Waals surface area contributed by atoms with Crippen LogP contribution in [0, 0.1) is 52.3 Å². The van der Waals surface area contributed by atoms with E-state index in [0.717, 1.165) is 43.4 Å². The Labute approximate surface area is 291 Å². The molecular weight excluding hydrogens is 629 g/mol. The number of likely N-dealkylation sites (N-methyl/N-ethyl adjacent to an activating group) is 1. The molecule has 2 N–H and O–H groups in total. The van der Waals surface area contributed by atoms with Crippen molar-refractivity contribution in [1.82, 2.24) is 0 Å². The number of hydrogen-bond donors (Lipinski definition) is 2. The minimum absolute atomic E-state index is 0.0319. The lowest BCUT2D eigenvalue weighted by Gasteiger charge is -2.58. The molecule has 4 rings (SSSR count). The number of ether oxygens (including phenoxy) is 2. The molecule has 0 heterocycles. The van der Waals surface area contributed by atoms with E-state index in [9.17, 15) is 19.4 Å². The number of nitrogens with zero attached hydrogens (tertiary/aromatic N) is 1. The molecule has 9 nitrogen and oxygen atoms in total. The largest absolute Gasteiger partial charge is 0.508 e. The summed E-state index contributed by atoms with van der Waals surface area (Å²) in [5.74, 6) is 4.89. The lowest BCUT2D eigenvalue weighted by Crippen LogP contribution is -2.51. The van der Waals surface area contributed by atoms with Crippen LogP contribution in [-0.4, -0.2) is 80.4 Å². The Kier molecular flexibility index (Phi) is 13.2. The molecule has 3 saturated carbocycles. The highest BCUT2D eigenvalue weighted by molar-refractivity contribution is 7.47. The van der Waals surface area contributed by atoms with Gasteiger partial charge in [-0.25, -0.2) is 9.36 Å². The van der Waals surface area contributed by atoms with Crippen LogP contribution >= 0.6 is 7.82 Å². The van der Waals surface area contributed by atoms with E-state index in [1.165, 1.54) is 37.7 Å². The monoisotopic (exact) mass is 696 g/mol. The number of aliphatic hydroxyl groups is 1. The molecule has 4 aliphatic carbocycles. The van der Waals surface area contributed by atoms with Crippen LogP contribution in [-0.2, 0) is 23.1 Å². The van der Waals surface area contributed by atoms with Crippen molar-refractivity contribution in [2.45, 2.75) is 112 Å². The van der Waals surface area contributed by atoms with Gasteiger partial charge in [0.1, 0.15) is 32.0 Å². The summed E-state index contributed by atoms with van der Waals surface area (Å²) in [5.41, 5.74) is 1.97. The van der Waals surface area contributed by atoms with Gasteiger partial charge in [0.2, 0.25) is 0 Å². The van der Waals surface area contributed by atoms with Gasteiger partial charge in [-0.05, 0) is 104 Å². The first-order chi connectivity index (χ1) is 22.4. The average molecular weight is 697 g/mol. The summed E-state index contributed by atoms with van der Waals surface area (Å²) in [6.45, 7) is 14.2. The van der Waals surface area contributed by atoms with Crippen molar-refractivity contribution < 1.29 is 42.4 Å². The van der Waals surface area contributed by atoms with Crippen LogP contribution in [0.1, 0.15) is 99.3 Å². The summed E-state index contributed by atoms with van der Waals surface area (Å²) in [5, 5.41) is 10.2. The van der Waals surface area contributed by atoms with Crippen LogP contribution in [0.2, 0.25) is 0 Å². The van der Waals surface area contributed by atoms with Gasteiger partial charge in [-0.2, -0.15) is 0 Å². The van der Waals surface area contributed by atoms with Crippen molar-refractivity contribution >= 4 is 14.0 Å². The minimum atomic E-state index is -4.32. The molecule has 3 fully saturated rings. The molecule has 0 aromatic rings. The van der Waals surface area contributed by atoms with Crippen molar-refractivity contribution in [3.8, 4) is 0 Å². The van der Waals surface area contributed by atoms with Gasteiger partial charge in [0.15, 0.2) is 0 Å². The standard InChI is InChI=1S/C38H66NO8P/c1-10-28(26(2)3)12-11-27(4)33-15-16-34-32-14-13-29-23-31(17-19-37(29,5)35(32)18-20-38(33,34)6)47-36(41)44-24-30(40)25-46-48(42,43)45-22-21-39(7,8)9/h11-13,26-28,30-35,40H,10,14-25H2,1-9H3/p+1/b12-11+/t27-,28-,30?,31+,32+,33-,34+,35+,37+,38-/m1/s1. The van der Waals surface area contributed by atoms with Crippen LogP contribution in [0.4, 0.5) is 4.79 Å². The van der Waals surface area contributed by atoms with Crippen molar-refractivity contribution in [2.24, 2.45) is 52.3 Å². The van der Waals surface area contributed by atoms with Crippen LogP contribution in [0.25, 0.3) is 0 Å². The van der Waals surface area contributed by atoms with Gasteiger partial charge < -0.3 is 24.0 Å². The number of hydrogen-bond acceptors (Lipinski definition) is 7. The maximum Gasteiger partial charge on any atom is 0.508 e. The number of aliphatic hydroxyl groups excluding tert-OH is 1. The van der Waals surface area contributed by atoms with Crippen LogP contribution < -0.4 is 0 Å². The number of phosphoric acid groups is 1. The molecule has 0 spiro atoms. The number of carbonyl (C=O) groups excluding carboxylic acids is 1. The first-order valence-corrected chi connectivity index (χ1v) is 20.2. The molecule has 276 valence electrons. The third kappa shape index (κ3) is 9.55. The zero-order chi connectivity index (χ0) is 35.5. The molecule has 0 aromatic heterocycles. The SMILES string of the molecule is CC[C@H](/C=C/[C@@H](C)[C@H]1CC[C@H]2[C@@H]3CC=C4C[C@@H](OC(=O)OCC(O)COP(=O)(O)OCC[N+](C)(C)C)CC[C@]4(C)[C@H]3CC[C@]12C)C(C)C. The second-order valence-corrected chi connectivity index (χ2v) is 18.8. The van der Waals surface area contributed by atoms with E-state index in [1.807, 2.05) is 21.1 Å². The van der Waals surface area contributed by atoms with E-state index in [2.05, 4.69) is 59.8 Å². The molecule has 11 atom stereocenters. The van der Waals surface area contributed by atoms with Gasteiger partial charge in [0.05, 0.1) is 27.7 Å². The zero-order valence-corrected chi connectivity index (χ0v) is 32.3. The Morgan fingerprint density at radius 3 is 2.44 bits per heavy atom. The molecule has 48 heavy (non-hydrogen) atoms. The lowest BCUT2D eigenvalue weighted by atomic mass is 9.47. The summed E-state index contributed by atoms with van der Waals surface area (Å²) in [4.78, 5) is 22.4. The first-order valence-electron chi connectivity index (χ1n) is 18.7. The third-order valence-electron chi connectivity index (χ3n) is 12.9. The summed E-state index contributed by atoms with van der Waals surface area (Å²) in [6.07, 6.45) is 15.3. The van der Waals surface area contributed by atoms with E-state index in [1.54, 1.807) is 0 Å². The van der Waals surface area contributed by atoms with Crippen LogP contribution in [0.15, 0.2) is 23.8 Å². The van der Waals surface area contributed by atoms with Crippen molar-refractivity contribution in [1.29, 1.82) is 0 Å². The van der Waals surface area contributed by atoms with Crippen LogP contribution in [0.5, 0.6) is 0 Å². The maximum atomic E-state index is 12.5. The molecule has 10 heteroatoms. The van der Waals surface area contributed by atoms with Gasteiger partial charge in [-0.1, -0.05) is 65.3 Å². The second-order valence-electron chi connectivity index (χ2n) is 17.4. The molecule has 0 amide bonds. The van der Waals surface area contributed by atoms with Gasteiger partial charge in [0, 0.05) is 6.42 Å². The number of quaternary nitrogens is 1. The summed E-state index contributed by atoms with van der Waals surface area (Å²) in [6, 6.07) is 0. The number of allylic oxidation sites excluding steroid dienone is 3. The third-order valence-corrected chi connectivity index (χ3v) is 13.8. The molecule has 0 aromatic carbocycles. The predicted molar refractivity (Wildman–Crippen MR) is 189 cm³/mol. The predicted octanol–water partition coefficient (Wildman–Crippen LogP) is 8.16. The Morgan fingerprint density at radius 2 is 1.77 bits per heavy atom. The fourth-order valence-electron chi connectivity index (χ4n) is 9.94. The van der Waals surface area contributed by atoms with Gasteiger partial charge in [-0.3, -0.25) is 9.05 Å². The Morgan fingerprint density at radius 1 is 1.04 bits per heavy atom. The highest BCUT2D eigenvalue weighted by Crippen LogP contribution is 2.67. The van der Waals surface area contributed by atoms with Gasteiger partial charge >= 0.3 is 14.0 Å². The molecule has 0 radical (unpaired) electrons. The number of rotatable bonds is 15. The summed E-state index contributed by atoms with van der Waals surface area (Å²) < 4.78 is 33.3. The average Bonchev–Trinajstić information content (AvgIpc) is 3.36. The first kappa shape index (κ1) is 39.6. The number of carbonyl (C=O) groups is 1. The highest BCUT2D eigenvalue weighted by atomic mass is 31.2. The highest BCUT2D eigenvalue weighted by Gasteiger charge is 2.59. The smallest absolute Gasteiger partial charge is 0.431 e. The molecule has 4 aliphatic rings. The van der Waals surface area contributed by atoms with E-state index in [4.69, 9.17) is 18.5 Å². The maximum absolute atomic E-state index is 12.5. The fourth-order valence-corrected chi connectivity index (χ4v) is 10.7. The quantitative estimate of drug-likeness (QED) is 0.0764. The molecule has 0 aliphatic heterocycles. The van der Waals surface area contributed by atoms with E-state index < -0.39 is 33.3 Å². The van der Waals surface area contributed by atoms with E-state index >= 15 is 0 Å². The van der Waals surface area contributed by atoms with Crippen molar-refractivity contribution in [2.75, 3.05) is 47.5 Å². The molecule has 0 bridgehead atoms. The minimum Gasteiger partial charge on any atom is -0.431 e. The lowest BCUT2D eigenvalue weighted by molar-refractivity contribution is -0.870. The Balaban J connectivity index is 1.26. The van der Waals surface area contributed by atoms with Gasteiger partial charge in [0.25, 0.3) is 0 Å². The van der Waals surface area contributed by atoms with Crippen molar-refractivity contribution in [3.05, 3.63) is 23.8 Å². The molecule has 2 unspecified atom stereocenters. The van der Waals surface area contributed by atoms with E-state index in [-0.39, 0.29) is 18.1 Å². The summed E-state index contributed by atoms with van der Waals surface area (Å²) >= 11 is 0. The fraction of sp³-hybridized carbons (Fsp3) is 0.868. The topological polar surface area (TPSA) is 112 Å². The molecule has 0 saturated heterocycles. The Bertz CT molecular complexity index is 1200.